The monoisotopic (exact) mass is 507 g/mol. The van der Waals surface area contributed by atoms with Gasteiger partial charge in [0.1, 0.15) is 0 Å². The summed E-state index contributed by atoms with van der Waals surface area (Å²) in [7, 11) is 0. The van der Waals surface area contributed by atoms with E-state index in [1.165, 1.54) is 0 Å². The highest BCUT2D eigenvalue weighted by atomic mass is 35.5. The van der Waals surface area contributed by atoms with E-state index < -0.39 is 6.23 Å². The topological polar surface area (TPSA) is 70.2 Å². The van der Waals surface area contributed by atoms with Crippen molar-refractivity contribution in [3.8, 4) is 0 Å². The van der Waals surface area contributed by atoms with E-state index >= 15 is 0 Å². The number of hydrogen-bond donors (Lipinski definition) is 0. The number of ether oxygens (including phenoxy) is 1. The lowest BCUT2D eigenvalue weighted by atomic mass is 10.1. The minimum absolute atomic E-state index is 0.0969. The van der Waals surface area contributed by atoms with Gasteiger partial charge in [0.15, 0.2) is 6.23 Å². The number of anilines is 2. The van der Waals surface area contributed by atoms with Gasteiger partial charge < -0.3 is 14.5 Å². The molecule has 35 heavy (non-hydrogen) atoms. The molecular weight excluding hydrogens is 486 g/mol. The first-order valence-electron chi connectivity index (χ1n) is 11.1. The normalized spacial score (nSPS) is 16.6. The first-order valence-corrected chi connectivity index (χ1v) is 12.5. The molecule has 3 amide bonds. The summed E-state index contributed by atoms with van der Waals surface area (Å²) in [4.78, 5) is 43.0. The highest BCUT2D eigenvalue weighted by molar-refractivity contribution is 8.14. The molecule has 0 aromatic heterocycles. The third-order valence-corrected chi connectivity index (χ3v) is 6.96. The Bertz CT molecular complexity index is 1240. The molecule has 1 fully saturated rings. The van der Waals surface area contributed by atoms with E-state index in [0.29, 0.717) is 22.8 Å². The highest BCUT2D eigenvalue weighted by Crippen LogP contribution is 2.35. The van der Waals surface area contributed by atoms with Crippen LogP contribution in [0.25, 0.3) is 0 Å². The number of carbonyl (C=O) groups is 3. The van der Waals surface area contributed by atoms with Gasteiger partial charge in [-0.2, -0.15) is 0 Å². The number of rotatable bonds is 7. The van der Waals surface area contributed by atoms with Crippen molar-refractivity contribution >= 4 is 51.8 Å². The number of para-hydroxylation sites is 1. The van der Waals surface area contributed by atoms with Crippen LogP contribution in [0.4, 0.5) is 16.2 Å². The van der Waals surface area contributed by atoms with Crippen molar-refractivity contribution in [2.75, 3.05) is 30.5 Å². The Labute approximate surface area is 212 Å². The molecular formula is C26H22ClN3O4S. The summed E-state index contributed by atoms with van der Waals surface area (Å²) < 4.78 is 6.09. The van der Waals surface area contributed by atoms with Gasteiger partial charge in [0.2, 0.25) is 5.91 Å². The largest absolute Gasteiger partial charge is 0.352 e. The second-order valence-corrected chi connectivity index (χ2v) is 9.45. The maximum Gasteiger partial charge on any atom is 0.291 e. The molecule has 3 aromatic rings. The molecule has 5 rings (SSSR count). The summed E-state index contributed by atoms with van der Waals surface area (Å²) in [6.07, 6.45) is -0.849. The summed E-state index contributed by atoms with van der Waals surface area (Å²) in [6.45, 7) is 0.723. The second-order valence-electron chi connectivity index (χ2n) is 8.09. The van der Waals surface area contributed by atoms with Gasteiger partial charge in [0.05, 0.1) is 30.3 Å². The Kier molecular flexibility index (Phi) is 6.77. The molecule has 2 aliphatic heterocycles. The molecule has 2 heterocycles. The van der Waals surface area contributed by atoms with Crippen LogP contribution in [0.3, 0.4) is 0 Å². The number of carbonyl (C=O) groups excluding carboxylic acids is 3. The van der Waals surface area contributed by atoms with Crippen molar-refractivity contribution in [2.45, 2.75) is 6.23 Å². The SMILES string of the molecule is O=C1c2cc(Cl)ccc2N(c2ccccc2)CN1CCOC(c1ccccc1)N1C(=O)CSC1=O. The summed E-state index contributed by atoms with van der Waals surface area (Å²) in [5.41, 5.74) is 2.94. The minimum Gasteiger partial charge on any atom is -0.352 e. The van der Waals surface area contributed by atoms with Crippen molar-refractivity contribution in [3.05, 3.63) is 95.0 Å². The van der Waals surface area contributed by atoms with Crippen LogP contribution in [0, 0.1) is 0 Å². The molecule has 1 unspecified atom stereocenters. The minimum atomic E-state index is -0.849. The van der Waals surface area contributed by atoms with Gasteiger partial charge in [-0.15, -0.1) is 0 Å². The first-order chi connectivity index (χ1) is 17.0. The molecule has 178 valence electrons. The van der Waals surface area contributed by atoms with Crippen LogP contribution in [0.1, 0.15) is 22.1 Å². The smallest absolute Gasteiger partial charge is 0.291 e. The van der Waals surface area contributed by atoms with Crippen LogP contribution < -0.4 is 4.90 Å². The van der Waals surface area contributed by atoms with Gasteiger partial charge in [0.25, 0.3) is 11.1 Å². The Morgan fingerprint density at radius 3 is 2.34 bits per heavy atom. The van der Waals surface area contributed by atoms with Crippen molar-refractivity contribution in [2.24, 2.45) is 0 Å². The van der Waals surface area contributed by atoms with Crippen LogP contribution in [-0.2, 0) is 9.53 Å². The van der Waals surface area contributed by atoms with E-state index in [1.54, 1.807) is 17.0 Å². The predicted molar refractivity (Wildman–Crippen MR) is 136 cm³/mol. The lowest BCUT2D eigenvalue weighted by Gasteiger charge is -2.38. The fourth-order valence-corrected chi connectivity index (χ4v) is 5.10. The molecule has 9 heteroatoms. The summed E-state index contributed by atoms with van der Waals surface area (Å²) in [6, 6.07) is 24.2. The average molecular weight is 508 g/mol. The molecule has 0 N–H and O–H groups in total. The molecule has 0 aliphatic carbocycles. The van der Waals surface area contributed by atoms with E-state index in [2.05, 4.69) is 0 Å². The molecule has 1 atom stereocenters. The van der Waals surface area contributed by atoms with Gasteiger partial charge >= 0.3 is 0 Å². The number of nitrogens with zero attached hydrogens (tertiary/aromatic N) is 3. The number of hydrogen-bond acceptors (Lipinski definition) is 6. The van der Waals surface area contributed by atoms with E-state index in [4.69, 9.17) is 16.3 Å². The second kappa shape index (κ2) is 10.1. The third kappa shape index (κ3) is 4.77. The van der Waals surface area contributed by atoms with Crippen LogP contribution in [0.5, 0.6) is 0 Å². The standard InChI is InChI=1S/C26H22ClN3O4S/c27-19-11-12-22-21(15-19)24(32)28(17-29(22)20-9-5-2-6-10-20)13-14-34-25(18-7-3-1-4-8-18)30-23(31)16-35-26(30)33/h1-12,15,25H,13-14,16-17H2. The van der Waals surface area contributed by atoms with Gasteiger partial charge in [-0.05, 0) is 30.3 Å². The number of fused-ring (bicyclic) bond motifs is 1. The molecule has 0 saturated carbocycles. The predicted octanol–water partition coefficient (Wildman–Crippen LogP) is 5.30. The number of halogens is 1. The quantitative estimate of drug-likeness (QED) is 0.432. The molecule has 0 spiro atoms. The molecule has 3 aromatic carbocycles. The third-order valence-electron chi connectivity index (χ3n) is 5.89. The highest BCUT2D eigenvalue weighted by Gasteiger charge is 2.38. The Morgan fingerprint density at radius 2 is 1.66 bits per heavy atom. The number of benzene rings is 3. The number of imide groups is 1. The molecule has 2 aliphatic rings. The van der Waals surface area contributed by atoms with Crippen molar-refractivity contribution in [1.29, 1.82) is 0 Å². The van der Waals surface area contributed by atoms with Crippen LogP contribution in [-0.4, -0.2) is 52.4 Å². The fourth-order valence-electron chi connectivity index (χ4n) is 4.20. The van der Waals surface area contributed by atoms with Gasteiger partial charge in [-0.3, -0.25) is 14.4 Å². The zero-order valence-electron chi connectivity index (χ0n) is 18.7. The number of amides is 3. The van der Waals surface area contributed by atoms with Crippen molar-refractivity contribution in [1.82, 2.24) is 9.80 Å². The number of thioether (sulfide) groups is 1. The molecule has 7 nitrogen and oxygen atoms in total. The van der Waals surface area contributed by atoms with Gasteiger partial charge in [-0.25, -0.2) is 4.90 Å². The van der Waals surface area contributed by atoms with Gasteiger partial charge in [0, 0.05) is 22.8 Å². The van der Waals surface area contributed by atoms with Crippen LogP contribution >= 0.6 is 23.4 Å². The fraction of sp³-hybridized carbons (Fsp3) is 0.192. The summed E-state index contributed by atoms with van der Waals surface area (Å²) in [5, 5.41) is 0.146. The van der Waals surface area contributed by atoms with Crippen LogP contribution in [0.2, 0.25) is 5.02 Å². The summed E-state index contributed by atoms with van der Waals surface area (Å²) in [5.74, 6) is -0.347. The lowest BCUT2D eigenvalue weighted by Crippen LogP contribution is -2.46. The zero-order chi connectivity index (χ0) is 24.4. The van der Waals surface area contributed by atoms with Crippen molar-refractivity contribution < 1.29 is 19.1 Å². The van der Waals surface area contributed by atoms with Crippen LogP contribution in [0.15, 0.2) is 78.9 Å². The Balaban J connectivity index is 1.37. The zero-order valence-corrected chi connectivity index (χ0v) is 20.2. The maximum absolute atomic E-state index is 13.3. The van der Waals surface area contributed by atoms with E-state index in [-0.39, 0.29) is 36.0 Å². The van der Waals surface area contributed by atoms with E-state index in [9.17, 15) is 14.4 Å². The molecule has 1 saturated heterocycles. The molecule has 0 bridgehead atoms. The molecule has 0 radical (unpaired) electrons. The Morgan fingerprint density at radius 1 is 0.943 bits per heavy atom. The lowest BCUT2D eigenvalue weighted by molar-refractivity contribution is -0.136. The first kappa shape index (κ1) is 23.4. The summed E-state index contributed by atoms with van der Waals surface area (Å²) >= 11 is 7.18. The van der Waals surface area contributed by atoms with E-state index in [1.807, 2.05) is 71.6 Å². The van der Waals surface area contributed by atoms with Crippen molar-refractivity contribution in [3.63, 3.8) is 0 Å². The Hall–Kier alpha value is -3.33. The maximum atomic E-state index is 13.3. The average Bonchev–Trinajstić information content (AvgIpc) is 3.22. The van der Waals surface area contributed by atoms with Gasteiger partial charge in [-0.1, -0.05) is 71.9 Å². The van der Waals surface area contributed by atoms with E-state index in [0.717, 1.165) is 28.0 Å².